The first-order valence-electron chi connectivity index (χ1n) is 5.75. The van der Waals surface area contributed by atoms with Crippen molar-refractivity contribution in [2.75, 3.05) is 6.61 Å². The summed E-state index contributed by atoms with van der Waals surface area (Å²) in [4.78, 5) is 0. The molecule has 0 heterocycles. The van der Waals surface area contributed by atoms with Crippen LogP contribution in [0.2, 0.25) is 0 Å². The molecule has 2 heteroatoms. The summed E-state index contributed by atoms with van der Waals surface area (Å²) in [6.45, 7) is 3.24. The molecule has 2 N–H and O–H groups in total. The molecule has 0 bridgehead atoms. The monoisotopic (exact) mass is 207 g/mol. The van der Waals surface area contributed by atoms with E-state index in [9.17, 15) is 0 Å². The number of hydrogen-bond acceptors (Lipinski definition) is 2. The Morgan fingerprint density at radius 1 is 1.27 bits per heavy atom. The Kier molecular flexibility index (Phi) is 6.05. The van der Waals surface area contributed by atoms with E-state index in [-0.39, 0.29) is 12.6 Å². The summed E-state index contributed by atoms with van der Waals surface area (Å²) in [6.07, 6.45) is 3.41. The molecule has 0 spiro atoms. The highest BCUT2D eigenvalue weighted by atomic mass is 16.3. The number of benzene rings is 1. The third kappa shape index (κ3) is 4.96. The maximum absolute atomic E-state index is 9.17. The Morgan fingerprint density at radius 3 is 2.60 bits per heavy atom. The Hall–Kier alpha value is -0.860. The van der Waals surface area contributed by atoms with Gasteiger partial charge in [0.15, 0.2) is 0 Å². The lowest BCUT2D eigenvalue weighted by Crippen LogP contribution is -2.31. The highest BCUT2D eigenvalue weighted by Crippen LogP contribution is 2.02. The Bertz CT molecular complexity index is 248. The number of aliphatic hydroxyl groups excluding tert-OH is 1. The quantitative estimate of drug-likeness (QED) is 0.719. The molecule has 1 unspecified atom stereocenters. The average Bonchev–Trinajstić information content (AvgIpc) is 2.31. The molecule has 0 amide bonds. The first-order chi connectivity index (χ1) is 7.36. The summed E-state index contributed by atoms with van der Waals surface area (Å²) >= 11 is 0. The van der Waals surface area contributed by atoms with E-state index < -0.39 is 0 Å². The smallest absolute Gasteiger partial charge is 0.0584 e. The Balaban J connectivity index is 2.28. The number of rotatable bonds is 7. The third-order valence-electron chi connectivity index (χ3n) is 2.56. The van der Waals surface area contributed by atoms with Crippen LogP contribution in [0.15, 0.2) is 30.3 Å². The van der Waals surface area contributed by atoms with Crippen LogP contribution >= 0.6 is 0 Å². The van der Waals surface area contributed by atoms with Crippen molar-refractivity contribution in [3.8, 4) is 0 Å². The minimum Gasteiger partial charge on any atom is -0.395 e. The van der Waals surface area contributed by atoms with Gasteiger partial charge in [0.05, 0.1) is 6.61 Å². The minimum absolute atomic E-state index is 0.229. The van der Waals surface area contributed by atoms with Crippen molar-refractivity contribution in [2.24, 2.45) is 0 Å². The van der Waals surface area contributed by atoms with Crippen molar-refractivity contribution in [3.05, 3.63) is 35.9 Å². The fourth-order valence-corrected chi connectivity index (χ4v) is 1.57. The molecule has 1 rings (SSSR count). The lowest BCUT2D eigenvalue weighted by molar-refractivity contribution is 0.232. The number of unbranched alkanes of at least 4 members (excludes halogenated alkanes) is 1. The third-order valence-corrected chi connectivity index (χ3v) is 2.56. The molecular formula is C13H21NO. The average molecular weight is 207 g/mol. The molecule has 0 fully saturated rings. The molecule has 0 saturated carbocycles. The van der Waals surface area contributed by atoms with Crippen molar-refractivity contribution >= 4 is 0 Å². The maximum atomic E-state index is 9.17. The van der Waals surface area contributed by atoms with Gasteiger partial charge in [0.2, 0.25) is 0 Å². The second kappa shape index (κ2) is 7.43. The normalized spacial score (nSPS) is 12.7. The number of nitrogens with one attached hydrogen (secondary N) is 1. The van der Waals surface area contributed by atoms with E-state index in [0.717, 1.165) is 13.0 Å². The fourth-order valence-electron chi connectivity index (χ4n) is 1.57. The van der Waals surface area contributed by atoms with E-state index in [0.29, 0.717) is 0 Å². The SMILES string of the molecule is CCCCC(CO)NCc1ccccc1. The van der Waals surface area contributed by atoms with Crippen molar-refractivity contribution in [2.45, 2.75) is 38.8 Å². The van der Waals surface area contributed by atoms with Crippen LogP contribution < -0.4 is 5.32 Å². The molecule has 1 aromatic carbocycles. The molecule has 2 nitrogen and oxygen atoms in total. The topological polar surface area (TPSA) is 32.3 Å². The molecule has 0 aromatic heterocycles. The van der Waals surface area contributed by atoms with Gasteiger partial charge >= 0.3 is 0 Å². The second-order valence-corrected chi connectivity index (χ2v) is 3.89. The predicted octanol–water partition coefficient (Wildman–Crippen LogP) is 2.33. The van der Waals surface area contributed by atoms with Crippen LogP contribution in [0.5, 0.6) is 0 Å². The van der Waals surface area contributed by atoms with Crippen LogP contribution in [0, 0.1) is 0 Å². The van der Waals surface area contributed by atoms with Gasteiger partial charge in [-0.25, -0.2) is 0 Å². The summed E-state index contributed by atoms with van der Waals surface area (Å²) in [5, 5.41) is 12.5. The van der Waals surface area contributed by atoms with Gasteiger partial charge in [0, 0.05) is 12.6 Å². The zero-order chi connectivity index (χ0) is 10.9. The van der Waals surface area contributed by atoms with Crippen LogP contribution in [-0.4, -0.2) is 17.8 Å². The predicted molar refractivity (Wildman–Crippen MR) is 63.7 cm³/mol. The van der Waals surface area contributed by atoms with E-state index in [2.05, 4.69) is 24.4 Å². The molecule has 84 valence electrons. The summed E-state index contributed by atoms with van der Waals surface area (Å²) in [7, 11) is 0. The van der Waals surface area contributed by atoms with Crippen molar-refractivity contribution < 1.29 is 5.11 Å². The van der Waals surface area contributed by atoms with E-state index >= 15 is 0 Å². The Morgan fingerprint density at radius 2 is 2.00 bits per heavy atom. The zero-order valence-electron chi connectivity index (χ0n) is 9.45. The van der Waals surface area contributed by atoms with Crippen LogP contribution in [-0.2, 0) is 6.54 Å². The van der Waals surface area contributed by atoms with E-state index in [1.54, 1.807) is 0 Å². The van der Waals surface area contributed by atoms with Gasteiger partial charge in [-0.1, -0.05) is 50.1 Å². The lowest BCUT2D eigenvalue weighted by Gasteiger charge is -2.15. The van der Waals surface area contributed by atoms with E-state index in [4.69, 9.17) is 5.11 Å². The second-order valence-electron chi connectivity index (χ2n) is 3.89. The molecule has 1 aromatic rings. The van der Waals surface area contributed by atoms with E-state index in [1.165, 1.54) is 18.4 Å². The first kappa shape index (κ1) is 12.2. The summed E-state index contributed by atoms with van der Waals surface area (Å²) in [5.74, 6) is 0. The summed E-state index contributed by atoms with van der Waals surface area (Å²) in [5.41, 5.74) is 1.27. The maximum Gasteiger partial charge on any atom is 0.0584 e. The highest BCUT2D eigenvalue weighted by molar-refractivity contribution is 5.14. The molecule has 0 saturated heterocycles. The van der Waals surface area contributed by atoms with E-state index in [1.807, 2.05) is 18.2 Å². The van der Waals surface area contributed by atoms with Gasteiger partial charge in [-0.05, 0) is 12.0 Å². The Labute approximate surface area is 92.3 Å². The molecule has 0 aliphatic rings. The molecule has 1 atom stereocenters. The molecule has 0 aliphatic carbocycles. The van der Waals surface area contributed by atoms with Crippen LogP contribution in [0.4, 0.5) is 0 Å². The summed E-state index contributed by atoms with van der Waals surface area (Å²) < 4.78 is 0. The standard InChI is InChI=1S/C13H21NO/c1-2-3-9-13(11-15)14-10-12-7-5-4-6-8-12/h4-8,13-15H,2-3,9-11H2,1H3. The lowest BCUT2D eigenvalue weighted by atomic mass is 10.1. The zero-order valence-corrected chi connectivity index (χ0v) is 9.45. The highest BCUT2D eigenvalue weighted by Gasteiger charge is 2.05. The van der Waals surface area contributed by atoms with Crippen LogP contribution in [0.25, 0.3) is 0 Å². The molecular weight excluding hydrogens is 186 g/mol. The largest absolute Gasteiger partial charge is 0.395 e. The van der Waals surface area contributed by atoms with Crippen molar-refractivity contribution in [1.29, 1.82) is 0 Å². The number of aliphatic hydroxyl groups is 1. The fraction of sp³-hybridized carbons (Fsp3) is 0.538. The molecule has 0 aliphatic heterocycles. The van der Waals surface area contributed by atoms with Crippen molar-refractivity contribution in [3.63, 3.8) is 0 Å². The van der Waals surface area contributed by atoms with Gasteiger partial charge in [-0.15, -0.1) is 0 Å². The minimum atomic E-state index is 0.229. The molecule has 15 heavy (non-hydrogen) atoms. The van der Waals surface area contributed by atoms with Gasteiger partial charge in [0.1, 0.15) is 0 Å². The number of hydrogen-bond donors (Lipinski definition) is 2. The van der Waals surface area contributed by atoms with Crippen molar-refractivity contribution in [1.82, 2.24) is 5.32 Å². The van der Waals surface area contributed by atoms with Gasteiger partial charge in [0.25, 0.3) is 0 Å². The first-order valence-corrected chi connectivity index (χ1v) is 5.75. The van der Waals surface area contributed by atoms with Gasteiger partial charge < -0.3 is 10.4 Å². The molecule has 0 radical (unpaired) electrons. The van der Waals surface area contributed by atoms with Gasteiger partial charge in [-0.3, -0.25) is 0 Å². The van der Waals surface area contributed by atoms with Crippen LogP contribution in [0.1, 0.15) is 31.7 Å². The summed E-state index contributed by atoms with van der Waals surface area (Å²) in [6, 6.07) is 10.5. The van der Waals surface area contributed by atoms with Crippen LogP contribution in [0.3, 0.4) is 0 Å². The van der Waals surface area contributed by atoms with Gasteiger partial charge in [-0.2, -0.15) is 0 Å².